The summed E-state index contributed by atoms with van der Waals surface area (Å²) in [7, 11) is 0. The molecule has 20 heavy (non-hydrogen) atoms. The number of alkyl halides is 1. The Morgan fingerprint density at radius 1 is 1.40 bits per heavy atom. The number of rotatable bonds is 3. The topological polar surface area (TPSA) is 37.5 Å². The van der Waals surface area contributed by atoms with Crippen LogP contribution in [-0.2, 0) is 5.88 Å². The average Bonchev–Trinajstić information content (AvgIpc) is 2.95. The molecule has 1 unspecified atom stereocenters. The van der Waals surface area contributed by atoms with E-state index >= 15 is 0 Å². The van der Waals surface area contributed by atoms with Crippen LogP contribution in [0.1, 0.15) is 23.6 Å². The van der Waals surface area contributed by atoms with Crippen LogP contribution in [-0.4, -0.2) is 14.5 Å². The van der Waals surface area contributed by atoms with Gasteiger partial charge in [0.1, 0.15) is 5.82 Å². The lowest BCUT2D eigenvalue weighted by Gasteiger charge is -2.07. The van der Waals surface area contributed by atoms with E-state index in [-0.39, 0.29) is 5.82 Å². The number of imidazole rings is 1. The predicted octanol–water partition coefficient (Wildman–Crippen LogP) is 3.99. The number of fused-ring (bicyclic) bond motifs is 1. The fraction of sp³-hybridized carbons (Fsp3) is 0.214. The van der Waals surface area contributed by atoms with Crippen LogP contribution < -0.4 is 0 Å². The molecule has 0 bridgehead atoms. The van der Waals surface area contributed by atoms with Gasteiger partial charge in [-0.15, -0.1) is 22.9 Å². The summed E-state index contributed by atoms with van der Waals surface area (Å²) < 4.78 is 14.9. The summed E-state index contributed by atoms with van der Waals surface area (Å²) in [5, 5.41) is 10.0. The molecule has 2 aromatic heterocycles. The first-order chi connectivity index (χ1) is 9.60. The summed E-state index contributed by atoms with van der Waals surface area (Å²) in [6.45, 7) is 1.69. The molecule has 3 aromatic rings. The van der Waals surface area contributed by atoms with E-state index < -0.39 is 6.10 Å². The van der Waals surface area contributed by atoms with Gasteiger partial charge < -0.3 is 5.11 Å². The molecule has 0 radical (unpaired) electrons. The molecule has 1 atom stereocenters. The Kier molecular flexibility index (Phi) is 3.50. The van der Waals surface area contributed by atoms with Crippen molar-refractivity contribution < 1.29 is 9.50 Å². The van der Waals surface area contributed by atoms with E-state index in [1.54, 1.807) is 19.1 Å². The van der Waals surface area contributed by atoms with E-state index in [2.05, 4.69) is 4.98 Å². The van der Waals surface area contributed by atoms with E-state index in [0.717, 1.165) is 15.4 Å². The molecular formula is C14H12ClFN2OS. The third-order valence-corrected chi connectivity index (χ3v) is 4.49. The van der Waals surface area contributed by atoms with E-state index in [1.807, 2.05) is 10.6 Å². The lowest BCUT2D eigenvalue weighted by atomic mass is 10.1. The quantitative estimate of drug-likeness (QED) is 0.743. The molecule has 0 spiro atoms. The third kappa shape index (κ3) is 2.22. The molecule has 0 aliphatic heterocycles. The monoisotopic (exact) mass is 310 g/mol. The normalized spacial score (nSPS) is 13.0. The van der Waals surface area contributed by atoms with Crippen molar-refractivity contribution in [3.8, 4) is 11.3 Å². The smallest absolute Gasteiger partial charge is 0.194 e. The van der Waals surface area contributed by atoms with Gasteiger partial charge in [0.2, 0.25) is 0 Å². The first kappa shape index (κ1) is 13.5. The maximum atomic E-state index is 13.0. The number of aromatic nitrogens is 2. The van der Waals surface area contributed by atoms with Gasteiger partial charge in [0.15, 0.2) is 4.96 Å². The van der Waals surface area contributed by atoms with Crippen molar-refractivity contribution in [2.24, 2.45) is 0 Å². The highest BCUT2D eigenvalue weighted by atomic mass is 35.5. The van der Waals surface area contributed by atoms with Crippen molar-refractivity contribution in [2.75, 3.05) is 0 Å². The van der Waals surface area contributed by atoms with Crippen molar-refractivity contribution in [3.63, 3.8) is 0 Å². The number of aliphatic hydroxyl groups is 1. The molecule has 3 rings (SSSR count). The Labute approximate surface area is 124 Å². The molecule has 0 aliphatic carbocycles. The summed E-state index contributed by atoms with van der Waals surface area (Å²) in [4.78, 5) is 6.30. The molecule has 104 valence electrons. The Morgan fingerprint density at radius 2 is 2.10 bits per heavy atom. The van der Waals surface area contributed by atoms with Crippen LogP contribution in [0.15, 0.2) is 30.5 Å². The maximum Gasteiger partial charge on any atom is 0.194 e. The fourth-order valence-electron chi connectivity index (χ4n) is 2.19. The number of benzene rings is 1. The Hall–Kier alpha value is -1.43. The summed E-state index contributed by atoms with van der Waals surface area (Å²) in [6, 6.07) is 6.10. The minimum atomic E-state index is -0.678. The molecule has 0 saturated carbocycles. The van der Waals surface area contributed by atoms with Gasteiger partial charge in [0.05, 0.1) is 23.4 Å². The third-order valence-electron chi connectivity index (χ3n) is 3.06. The molecule has 6 heteroatoms. The second-order valence-electron chi connectivity index (χ2n) is 4.51. The Morgan fingerprint density at radius 3 is 2.70 bits per heavy atom. The van der Waals surface area contributed by atoms with E-state index in [1.165, 1.54) is 23.5 Å². The zero-order chi connectivity index (χ0) is 14.3. The van der Waals surface area contributed by atoms with Gasteiger partial charge in [0.25, 0.3) is 0 Å². The van der Waals surface area contributed by atoms with E-state index in [9.17, 15) is 9.50 Å². The highest BCUT2D eigenvalue weighted by Gasteiger charge is 2.19. The van der Waals surface area contributed by atoms with Gasteiger partial charge in [-0.2, -0.15) is 0 Å². The van der Waals surface area contributed by atoms with Gasteiger partial charge in [-0.3, -0.25) is 4.40 Å². The van der Waals surface area contributed by atoms with Crippen LogP contribution in [0.3, 0.4) is 0 Å². The van der Waals surface area contributed by atoms with Crippen LogP contribution in [0.4, 0.5) is 4.39 Å². The zero-order valence-corrected chi connectivity index (χ0v) is 12.2. The van der Waals surface area contributed by atoms with Crippen molar-refractivity contribution >= 4 is 27.9 Å². The zero-order valence-electron chi connectivity index (χ0n) is 10.7. The van der Waals surface area contributed by atoms with E-state index in [0.29, 0.717) is 17.3 Å². The Bertz CT molecular complexity index is 748. The summed E-state index contributed by atoms with van der Waals surface area (Å²) in [5.74, 6) is 0.122. The largest absolute Gasteiger partial charge is 0.387 e. The maximum absolute atomic E-state index is 13.0. The van der Waals surface area contributed by atoms with Crippen molar-refractivity contribution in [1.29, 1.82) is 0 Å². The second-order valence-corrected chi connectivity index (χ2v) is 5.87. The standard InChI is InChI=1S/C14H12ClFN2OS/c1-8(19)13-12(9-2-4-10(16)5-3-9)17-14-18(13)7-11(6-15)20-14/h2-5,7-8,19H,6H2,1H3. The molecule has 2 heterocycles. The molecule has 1 aromatic carbocycles. The van der Waals surface area contributed by atoms with Gasteiger partial charge in [-0.25, -0.2) is 9.37 Å². The van der Waals surface area contributed by atoms with Crippen LogP contribution in [0.2, 0.25) is 0 Å². The van der Waals surface area contributed by atoms with Crippen LogP contribution in [0.25, 0.3) is 16.2 Å². The van der Waals surface area contributed by atoms with Crippen LogP contribution in [0, 0.1) is 5.82 Å². The molecule has 0 amide bonds. The summed E-state index contributed by atoms with van der Waals surface area (Å²) in [5.41, 5.74) is 2.15. The van der Waals surface area contributed by atoms with Gasteiger partial charge in [0, 0.05) is 16.6 Å². The number of hydrogen-bond donors (Lipinski definition) is 1. The lowest BCUT2D eigenvalue weighted by molar-refractivity contribution is 0.194. The van der Waals surface area contributed by atoms with Gasteiger partial charge in [-0.1, -0.05) is 0 Å². The molecule has 3 nitrogen and oxygen atoms in total. The molecule has 0 aliphatic rings. The molecule has 0 fully saturated rings. The minimum Gasteiger partial charge on any atom is -0.387 e. The number of halogens is 2. The first-order valence-electron chi connectivity index (χ1n) is 6.10. The fourth-order valence-corrected chi connectivity index (χ4v) is 3.26. The minimum absolute atomic E-state index is 0.294. The number of thiazole rings is 1. The van der Waals surface area contributed by atoms with Crippen LogP contribution >= 0.6 is 22.9 Å². The van der Waals surface area contributed by atoms with E-state index in [4.69, 9.17) is 11.6 Å². The number of nitrogens with zero attached hydrogens (tertiary/aromatic N) is 2. The van der Waals surface area contributed by atoms with Crippen LogP contribution in [0.5, 0.6) is 0 Å². The Balaban J connectivity index is 2.22. The lowest BCUT2D eigenvalue weighted by Crippen LogP contribution is -1.98. The van der Waals surface area contributed by atoms with Gasteiger partial charge in [-0.05, 0) is 31.2 Å². The average molecular weight is 311 g/mol. The van der Waals surface area contributed by atoms with Crippen molar-refractivity contribution in [2.45, 2.75) is 18.9 Å². The summed E-state index contributed by atoms with van der Waals surface area (Å²) >= 11 is 7.31. The van der Waals surface area contributed by atoms with Crippen molar-refractivity contribution in [3.05, 3.63) is 46.9 Å². The second kappa shape index (κ2) is 5.16. The molecule has 1 N–H and O–H groups in total. The number of hydrogen-bond acceptors (Lipinski definition) is 3. The number of aliphatic hydroxyl groups excluding tert-OH is 1. The first-order valence-corrected chi connectivity index (χ1v) is 7.46. The molecule has 0 saturated heterocycles. The van der Waals surface area contributed by atoms with Crippen molar-refractivity contribution in [1.82, 2.24) is 9.38 Å². The highest BCUT2D eigenvalue weighted by Crippen LogP contribution is 2.32. The highest BCUT2D eigenvalue weighted by molar-refractivity contribution is 7.17. The summed E-state index contributed by atoms with van der Waals surface area (Å²) in [6.07, 6.45) is 1.21. The predicted molar refractivity (Wildman–Crippen MR) is 78.7 cm³/mol. The van der Waals surface area contributed by atoms with Gasteiger partial charge >= 0.3 is 0 Å². The SMILES string of the molecule is CC(O)c1c(-c2ccc(F)cc2)nc2sc(CCl)cn12. The molecular weight excluding hydrogens is 299 g/mol.